The first-order valence-electron chi connectivity index (χ1n) is 10.6. The van der Waals surface area contributed by atoms with Gasteiger partial charge in [0.1, 0.15) is 24.0 Å². The molecule has 1 aliphatic heterocycles. The van der Waals surface area contributed by atoms with Crippen LogP contribution in [0, 0.1) is 17.3 Å². The summed E-state index contributed by atoms with van der Waals surface area (Å²) in [6.45, 7) is 1.56. The number of aryl methyl sites for hydroxylation is 1. The highest BCUT2D eigenvalue weighted by molar-refractivity contribution is 5.87. The molecule has 8 heteroatoms. The van der Waals surface area contributed by atoms with E-state index in [1.54, 1.807) is 12.4 Å². The van der Waals surface area contributed by atoms with Crippen molar-refractivity contribution in [2.24, 2.45) is 7.05 Å². The van der Waals surface area contributed by atoms with Gasteiger partial charge in [-0.15, -0.1) is 10.2 Å². The van der Waals surface area contributed by atoms with Crippen molar-refractivity contribution in [3.05, 3.63) is 54.1 Å². The lowest BCUT2D eigenvalue weighted by molar-refractivity contribution is 0.304. The zero-order valence-electron chi connectivity index (χ0n) is 17.3. The Bertz CT molecular complexity index is 1120. The summed E-state index contributed by atoms with van der Waals surface area (Å²) in [6, 6.07) is 9.06. The second-order valence-electron chi connectivity index (χ2n) is 8.19. The van der Waals surface area contributed by atoms with Gasteiger partial charge in [0, 0.05) is 37.8 Å². The summed E-state index contributed by atoms with van der Waals surface area (Å²) in [5.74, 6) is 1.52. The molecule has 3 heterocycles. The molecule has 3 aromatic rings. The number of ether oxygens (including phenoxy) is 1. The molecule has 31 heavy (non-hydrogen) atoms. The van der Waals surface area contributed by atoms with Gasteiger partial charge in [0.2, 0.25) is 5.95 Å². The number of hydrogen-bond acceptors (Lipinski definition) is 6. The first kappa shape index (κ1) is 19.5. The van der Waals surface area contributed by atoms with E-state index in [0.717, 1.165) is 67.2 Å². The third kappa shape index (κ3) is 3.83. The molecule has 1 saturated heterocycles. The van der Waals surface area contributed by atoms with Crippen molar-refractivity contribution < 1.29 is 9.13 Å². The largest absolute Gasteiger partial charge is 0.490 e. The van der Waals surface area contributed by atoms with E-state index in [9.17, 15) is 9.65 Å². The molecule has 0 N–H and O–H groups in total. The van der Waals surface area contributed by atoms with Crippen LogP contribution in [0.25, 0.3) is 11.1 Å². The van der Waals surface area contributed by atoms with Crippen molar-refractivity contribution in [3.63, 3.8) is 0 Å². The minimum Gasteiger partial charge on any atom is -0.490 e. The molecule has 0 atom stereocenters. The Hall–Kier alpha value is -3.47. The number of anilines is 1. The molecule has 1 saturated carbocycles. The molecule has 0 amide bonds. The normalized spacial score (nSPS) is 16.9. The predicted molar refractivity (Wildman–Crippen MR) is 113 cm³/mol. The molecule has 5 rings (SSSR count). The molecule has 0 spiro atoms. The molecule has 1 aromatic carbocycles. The average Bonchev–Trinajstić information content (AvgIpc) is 3.51. The van der Waals surface area contributed by atoms with Crippen molar-refractivity contribution in [1.29, 1.82) is 5.26 Å². The number of piperidine rings is 1. The molecular weight excluding hydrogens is 395 g/mol. The van der Waals surface area contributed by atoms with Gasteiger partial charge in [0.25, 0.3) is 0 Å². The van der Waals surface area contributed by atoms with E-state index in [-0.39, 0.29) is 6.10 Å². The van der Waals surface area contributed by atoms with Gasteiger partial charge in [0.15, 0.2) is 0 Å². The third-order valence-corrected chi connectivity index (χ3v) is 6.02. The minimum absolute atomic E-state index is 0.203. The Morgan fingerprint density at radius 3 is 2.55 bits per heavy atom. The summed E-state index contributed by atoms with van der Waals surface area (Å²) in [5, 5.41) is 18.2. The van der Waals surface area contributed by atoms with Crippen molar-refractivity contribution >= 4 is 5.69 Å². The van der Waals surface area contributed by atoms with Crippen molar-refractivity contribution in [2.75, 3.05) is 18.0 Å². The van der Waals surface area contributed by atoms with Gasteiger partial charge in [-0.25, -0.2) is 4.98 Å². The van der Waals surface area contributed by atoms with E-state index in [1.165, 1.54) is 12.3 Å². The van der Waals surface area contributed by atoms with Crippen LogP contribution in [-0.2, 0) is 7.05 Å². The zero-order valence-corrected chi connectivity index (χ0v) is 17.3. The molecule has 2 fully saturated rings. The fraction of sp³-hybridized carbons (Fsp3) is 0.391. The maximum atomic E-state index is 13.5. The second-order valence-corrected chi connectivity index (χ2v) is 8.19. The Morgan fingerprint density at radius 2 is 1.94 bits per heavy atom. The van der Waals surface area contributed by atoms with Crippen LogP contribution in [0.1, 0.15) is 43.0 Å². The number of hydrogen-bond donors (Lipinski definition) is 0. The first-order chi connectivity index (χ1) is 15.1. The molecule has 7 nitrogen and oxygen atoms in total. The summed E-state index contributed by atoms with van der Waals surface area (Å²) >= 11 is 0. The lowest BCUT2D eigenvalue weighted by Gasteiger charge is -2.35. The Kier molecular flexibility index (Phi) is 5.02. The minimum atomic E-state index is -0.532. The van der Waals surface area contributed by atoms with Crippen LogP contribution in [0.3, 0.4) is 0 Å². The van der Waals surface area contributed by atoms with Crippen molar-refractivity contribution in [2.45, 2.75) is 37.7 Å². The van der Waals surface area contributed by atoms with Crippen LogP contribution in [0.15, 0.2) is 36.8 Å². The van der Waals surface area contributed by atoms with Gasteiger partial charge in [-0.3, -0.25) is 0 Å². The van der Waals surface area contributed by atoms with Crippen LogP contribution in [0.5, 0.6) is 5.75 Å². The fourth-order valence-electron chi connectivity index (χ4n) is 4.28. The number of nitriles is 1. The lowest BCUT2D eigenvalue weighted by Crippen LogP contribution is -2.34. The smallest absolute Gasteiger partial charge is 0.212 e. The number of benzene rings is 1. The van der Waals surface area contributed by atoms with E-state index in [4.69, 9.17) is 4.74 Å². The van der Waals surface area contributed by atoms with Gasteiger partial charge in [-0.05, 0) is 49.9 Å². The highest BCUT2D eigenvalue weighted by atomic mass is 19.1. The van der Waals surface area contributed by atoms with Gasteiger partial charge in [-0.1, -0.05) is 0 Å². The molecule has 1 aliphatic carbocycles. The number of nitrogens with zero attached hydrogens (tertiary/aromatic N) is 6. The average molecular weight is 418 g/mol. The summed E-state index contributed by atoms with van der Waals surface area (Å²) in [4.78, 5) is 6.09. The van der Waals surface area contributed by atoms with Crippen molar-refractivity contribution in [1.82, 2.24) is 19.7 Å². The molecule has 0 unspecified atom stereocenters. The Balaban J connectivity index is 1.53. The van der Waals surface area contributed by atoms with Crippen LogP contribution in [0.4, 0.5) is 10.1 Å². The van der Waals surface area contributed by atoms with Crippen molar-refractivity contribution in [3.8, 4) is 22.9 Å². The van der Waals surface area contributed by atoms with Gasteiger partial charge in [-0.2, -0.15) is 9.65 Å². The maximum absolute atomic E-state index is 13.5. The third-order valence-electron chi connectivity index (χ3n) is 6.02. The molecule has 158 valence electrons. The summed E-state index contributed by atoms with van der Waals surface area (Å²) in [6.07, 6.45) is 7.32. The zero-order chi connectivity index (χ0) is 21.4. The van der Waals surface area contributed by atoms with Crippen LogP contribution >= 0.6 is 0 Å². The highest BCUT2D eigenvalue weighted by Crippen LogP contribution is 2.44. The van der Waals surface area contributed by atoms with Gasteiger partial charge < -0.3 is 14.2 Å². The Morgan fingerprint density at radius 1 is 1.13 bits per heavy atom. The predicted octanol–water partition coefficient (Wildman–Crippen LogP) is 3.81. The van der Waals surface area contributed by atoms with Crippen LogP contribution in [0.2, 0.25) is 0 Å². The van der Waals surface area contributed by atoms with Gasteiger partial charge >= 0.3 is 0 Å². The summed E-state index contributed by atoms with van der Waals surface area (Å²) < 4.78 is 21.7. The summed E-state index contributed by atoms with van der Waals surface area (Å²) in [5.41, 5.74) is 2.99. The Labute approximate surface area is 180 Å². The van der Waals surface area contributed by atoms with Gasteiger partial charge in [0.05, 0.1) is 22.9 Å². The highest BCUT2D eigenvalue weighted by Gasteiger charge is 2.30. The maximum Gasteiger partial charge on any atom is 0.212 e. The monoisotopic (exact) mass is 418 g/mol. The number of aromatic nitrogens is 4. The molecular formula is C23H23FN6O. The number of rotatable bonds is 5. The van der Waals surface area contributed by atoms with E-state index in [0.29, 0.717) is 11.5 Å². The number of halogens is 1. The first-order valence-corrected chi connectivity index (χ1v) is 10.6. The van der Waals surface area contributed by atoms with E-state index >= 15 is 0 Å². The molecule has 2 aromatic heterocycles. The molecule has 0 radical (unpaired) electrons. The van der Waals surface area contributed by atoms with E-state index in [2.05, 4.69) is 26.2 Å². The molecule has 0 bridgehead atoms. The summed E-state index contributed by atoms with van der Waals surface area (Å²) in [7, 11) is 1.97. The van der Waals surface area contributed by atoms with Crippen LogP contribution in [-0.4, -0.2) is 38.9 Å². The standard InChI is InChI=1S/C23H23FN6O/c1-29-14-27-28-23(29)15-8-10-30(11-9-15)22-16(12-25)2-6-19(31-18-4-5-18)21(22)17-3-7-20(24)26-13-17/h2-3,6-7,13-15,18H,4-5,8-11H2,1H3. The van der Waals surface area contributed by atoms with E-state index in [1.807, 2.05) is 23.7 Å². The number of pyridine rings is 1. The van der Waals surface area contributed by atoms with Crippen LogP contribution < -0.4 is 9.64 Å². The SMILES string of the molecule is Cn1cnnc1C1CCN(c2c(C#N)ccc(OC3CC3)c2-c2ccc(F)nc2)CC1. The van der Waals surface area contributed by atoms with E-state index < -0.39 is 5.95 Å². The fourth-order valence-corrected chi connectivity index (χ4v) is 4.28. The topological polar surface area (TPSA) is 79.9 Å². The quantitative estimate of drug-likeness (QED) is 0.586. The molecule has 2 aliphatic rings. The lowest BCUT2D eigenvalue weighted by atomic mass is 9.93. The second kappa shape index (κ2) is 7.99.